The van der Waals surface area contributed by atoms with Crippen LogP contribution in [-0.4, -0.2) is 38.1 Å². The summed E-state index contributed by atoms with van der Waals surface area (Å²) < 4.78 is 0. The number of nitrogens with zero attached hydrogens (tertiary/aromatic N) is 1. The van der Waals surface area contributed by atoms with Gasteiger partial charge in [0.1, 0.15) is 0 Å². The lowest BCUT2D eigenvalue weighted by Gasteiger charge is -2.12. The molecule has 82 valence electrons. The van der Waals surface area contributed by atoms with Crippen molar-refractivity contribution in [2.75, 3.05) is 33.2 Å². The molecule has 0 aromatic carbocycles. The molecule has 0 saturated carbocycles. The second kappa shape index (κ2) is 10.6. The highest BCUT2D eigenvalue weighted by Gasteiger charge is 1.95. The molecule has 0 amide bonds. The van der Waals surface area contributed by atoms with E-state index in [-0.39, 0.29) is 0 Å². The summed E-state index contributed by atoms with van der Waals surface area (Å²) >= 11 is 0. The molecule has 0 radical (unpaired) electrons. The van der Waals surface area contributed by atoms with Crippen LogP contribution < -0.4 is 5.32 Å². The molecule has 0 saturated heterocycles. The standard InChI is InChI=1S/C12H24N2/c1-4-11-14(3)12-9-7-6-8-10-13-5-2/h1,13H,5-12H2,2-3H3. The molecule has 14 heavy (non-hydrogen) atoms. The van der Waals surface area contributed by atoms with Gasteiger partial charge in [-0.15, -0.1) is 6.42 Å². The maximum Gasteiger partial charge on any atom is 0.0596 e. The van der Waals surface area contributed by atoms with E-state index in [1.165, 1.54) is 25.7 Å². The first-order valence-electron chi connectivity index (χ1n) is 5.64. The normalized spacial score (nSPS) is 10.4. The lowest BCUT2D eigenvalue weighted by Crippen LogP contribution is -2.19. The van der Waals surface area contributed by atoms with Crippen LogP contribution in [0.5, 0.6) is 0 Å². The van der Waals surface area contributed by atoms with Gasteiger partial charge in [0.2, 0.25) is 0 Å². The smallest absolute Gasteiger partial charge is 0.0596 e. The lowest BCUT2D eigenvalue weighted by molar-refractivity contribution is 0.361. The Morgan fingerprint density at radius 3 is 2.57 bits per heavy atom. The average Bonchev–Trinajstić information content (AvgIpc) is 2.17. The second-order valence-electron chi connectivity index (χ2n) is 3.71. The number of nitrogens with one attached hydrogen (secondary N) is 1. The van der Waals surface area contributed by atoms with Crippen molar-refractivity contribution >= 4 is 0 Å². The first-order chi connectivity index (χ1) is 6.81. The fraction of sp³-hybridized carbons (Fsp3) is 0.833. The molecule has 0 aliphatic rings. The Morgan fingerprint density at radius 2 is 1.93 bits per heavy atom. The van der Waals surface area contributed by atoms with Crippen molar-refractivity contribution in [3.8, 4) is 12.3 Å². The molecule has 0 aliphatic heterocycles. The van der Waals surface area contributed by atoms with Crippen molar-refractivity contribution < 1.29 is 0 Å². The van der Waals surface area contributed by atoms with E-state index in [0.717, 1.165) is 26.2 Å². The van der Waals surface area contributed by atoms with E-state index >= 15 is 0 Å². The maximum absolute atomic E-state index is 5.21. The van der Waals surface area contributed by atoms with E-state index in [9.17, 15) is 0 Å². The topological polar surface area (TPSA) is 15.3 Å². The highest BCUT2D eigenvalue weighted by Crippen LogP contribution is 1.99. The van der Waals surface area contributed by atoms with Gasteiger partial charge in [-0.05, 0) is 39.5 Å². The van der Waals surface area contributed by atoms with Crippen molar-refractivity contribution in [3.05, 3.63) is 0 Å². The summed E-state index contributed by atoms with van der Waals surface area (Å²) in [6, 6.07) is 0. The Kier molecular flexibility index (Phi) is 10.2. The van der Waals surface area contributed by atoms with E-state index in [4.69, 9.17) is 6.42 Å². The van der Waals surface area contributed by atoms with Gasteiger partial charge in [0, 0.05) is 0 Å². The first kappa shape index (κ1) is 13.5. The van der Waals surface area contributed by atoms with Gasteiger partial charge in [0.05, 0.1) is 6.54 Å². The van der Waals surface area contributed by atoms with Gasteiger partial charge >= 0.3 is 0 Å². The molecule has 0 fully saturated rings. The Morgan fingerprint density at radius 1 is 1.21 bits per heavy atom. The van der Waals surface area contributed by atoms with Crippen LogP contribution in [0, 0.1) is 12.3 Å². The molecule has 0 heterocycles. The van der Waals surface area contributed by atoms with Gasteiger partial charge in [-0.25, -0.2) is 0 Å². The van der Waals surface area contributed by atoms with Gasteiger partial charge < -0.3 is 5.32 Å². The molecule has 0 atom stereocenters. The van der Waals surface area contributed by atoms with Crippen LogP contribution in [0.15, 0.2) is 0 Å². The third kappa shape index (κ3) is 9.57. The second-order valence-corrected chi connectivity index (χ2v) is 3.71. The fourth-order valence-corrected chi connectivity index (χ4v) is 1.40. The summed E-state index contributed by atoms with van der Waals surface area (Å²) in [5.41, 5.74) is 0. The van der Waals surface area contributed by atoms with Crippen LogP contribution in [0.4, 0.5) is 0 Å². The van der Waals surface area contributed by atoms with E-state index in [0.29, 0.717) is 0 Å². The number of terminal acetylenes is 1. The fourth-order valence-electron chi connectivity index (χ4n) is 1.40. The summed E-state index contributed by atoms with van der Waals surface area (Å²) in [5.74, 6) is 2.65. The molecule has 2 heteroatoms. The van der Waals surface area contributed by atoms with Crippen LogP contribution in [0.1, 0.15) is 32.6 Å². The molecule has 0 aromatic rings. The van der Waals surface area contributed by atoms with E-state index < -0.39 is 0 Å². The summed E-state index contributed by atoms with van der Waals surface area (Å²) in [6.45, 7) is 6.30. The Balaban J connectivity index is 3.02. The SMILES string of the molecule is C#CCN(C)CCCCCCNCC. The zero-order valence-electron chi connectivity index (χ0n) is 9.68. The first-order valence-corrected chi connectivity index (χ1v) is 5.64. The van der Waals surface area contributed by atoms with E-state index in [1.807, 2.05) is 0 Å². The number of hydrogen-bond donors (Lipinski definition) is 1. The highest BCUT2D eigenvalue weighted by molar-refractivity contribution is 4.86. The minimum Gasteiger partial charge on any atom is -0.317 e. The molecule has 0 rings (SSSR count). The summed E-state index contributed by atoms with van der Waals surface area (Å²) in [4.78, 5) is 2.20. The number of unbranched alkanes of at least 4 members (excludes halogenated alkanes) is 3. The summed E-state index contributed by atoms with van der Waals surface area (Å²) in [7, 11) is 2.08. The van der Waals surface area contributed by atoms with Crippen molar-refractivity contribution in [2.45, 2.75) is 32.6 Å². The molecular weight excluding hydrogens is 172 g/mol. The Bertz CT molecular complexity index is 149. The number of rotatable bonds is 9. The predicted octanol–water partition coefficient (Wildman–Crippen LogP) is 1.72. The quantitative estimate of drug-likeness (QED) is 0.446. The molecule has 1 N–H and O–H groups in total. The van der Waals surface area contributed by atoms with Gasteiger partial charge in [-0.2, -0.15) is 0 Å². The number of hydrogen-bond acceptors (Lipinski definition) is 2. The van der Waals surface area contributed by atoms with Gasteiger partial charge in [-0.1, -0.05) is 25.7 Å². The van der Waals surface area contributed by atoms with Gasteiger partial charge in [0.25, 0.3) is 0 Å². The molecule has 0 aliphatic carbocycles. The molecule has 0 bridgehead atoms. The highest BCUT2D eigenvalue weighted by atomic mass is 15.1. The van der Waals surface area contributed by atoms with Crippen molar-refractivity contribution in [1.29, 1.82) is 0 Å². The van der Waals surface area contributed by atoms with Gasteiger partial charge in [-0.3, -0.25) is 4.90 Å². The lowest BCUT2D eigenvalue weighted by atomic mass is 10.2. The van der Waals surface area contributed by atoms with Crippen molar-refractivity contribution in [1.82, 2.24) is 10.2 Å². The Labute approximate surface area is 89.1 Å². The monoisotopic (exact) mass is 196 g/mol. The molecule has 0 unspecified atom stereocenters. The van der Waals surface area contributed by atoms with Crippen molar-refractivity contribution in [3.63, 3.8) is 0 Å². The van der Waals surface area contributed by atoms with E-state index in [2.05, 4.69) is 30.1 Å². The van der Waals surface area contributed by atoms with Crippen LogP contribution in [0.2, 0.25) is 0 Å². The Hall–Kier alpha value is -0.520. The van der Waals surface area contributed by atoms with E-state index in [1.54, 1.807) is 0 Å². The molecular formula is C12H24N2. The zero-order valence-corrected chi connectivity index (χ0v) is 9.68. The van der Waals surface area contributed by atoms with Gasteiger partial charge in [0.15, 0.2) is 0 Å². The summed E-state index contributed by atoms with van der Waals surface area (Å²) in [5, 5.41) is 3.33. The minimum absolute atomic E-state index is 0.775. The third-order valence-corrected chi connectivity index (χ3v) is 2.25. The predicted molar refractivity (Wildman–Crippen MR) is 63.3 cm³/mol. The third-order valence-electron chi connectivity index (χ3n) is 2.25. The minimum atomic E-state index is 0.775. The maximum atomic E-state index is 5.21. The summed E-state index contributed by atoms with van der Waals surface area (Å²) in [6.07, 6.45) is 10.4. The van der Waals surface area contributed by atoms with Crippen LogP contribution in [0.25, 0.3) is 0 Å². The largest absolute Gasteiger partial charge is 0.317 e. The molecule has 0 spiro atoms. The zero-order chi connectivity index (χ0) is 10.6. The van der Waals surface area contributed by atoms with Crippen LogP contribution in [0.3, 0.4) is 0 Å². The molecule has 2 nitrogen and oxygen atoms in total. The average molecular weight is 196 g/mol. The van der Waals surface area contributed by atoms with Crippen molar-refractivity contribution in [2.24, 2.45) is 0 Å². The molecule has 0 aromatic heterocycles. The van der Waals surface area contributed by atoms with Crippen LogP contribution >= 0.6 is 0 Å². The van der Waals surface area contributed by atoms with Crippen LogP contribution in [-0.2, 0) is 0 Å².